The summed E-state index contributed by atoms with van der Waals surface area (Å²) < 4.78 is 0. The molecule has 1 N–H and O–H groups in total. The fourth-order valence-electron chi connectivity index (χ4n) is 2.50. The average Bonchev–Trinajstić information content (AvgIpc) is 2.66. The van der Waals surface area contributed by atoms with Crippen molar-refractivity contribution in [2.45, 2.75) is 26.2 Å². The van der Waals surface area contributed by atoms with Crippen LogP contribution in [-0.2, 0) is 6.42 Å². The van der Waals surface area contributed by atoms with Crippen LogP contribution in [0, 0.1) is 6.92 Å². The molecule has 0 saturated heterocycles. The van der Waals surface area contributed by atoms with Crippen molar-refractivity contribution in [3.63, 3.8) is 0 Å². The number of ketones is 1. The lowest BCUT2D eigenvalue weighted by Gasteiger charge is -2.09. The van der Waals surface area contributed by atoms with Crippen LogP contribution in [-0.4, -0.2) is 10.8 Å². The summed E-state index contributed by atoms with van der Waals surface area (Å²) in [6, 6.07) is 3.89. The van der Waals surface area contributed by atoms with Crippen molar-refractivity contribution in [3.05, 3.63) is 34.0 Å². The molecule has 3 rings (SSSR count). The number of carbonyl (C=O) groups is 1. The molecule has 1 aromatic heterocycles. The molecular weight excluding hydrogens is 222 g/mol. The normalized spacial score (nSPS) is 15.5. The van der Waals surface area contributed by atoms with Gasteiger partial charge in [0.05, 0.1) is 16.2 Å². The second-order valence-corrected chi connectivity index (χ2v) is 4.78. The molecule has 1 aliphatic rings. The minimum absolute atomic E-state index is 0.216. The lowest BCUT2D eigenvalue weighted by Crippen LogP contribution is -2.09. The Morgan fingerprint density at radius 1 is 1.31 bits per heavy atom. The Bertz CT molecular complexity index is 597. The van der Waals surface area contributed by atoms with E-state index < -0.39 is 0 Å². The highest BCUT2D eigenvalue weighted by Gasteiger charge is 2.23. The number of benzene rings is 1. The van der Waals surface area contributed by atoms with Crippen molar-refractivity contribution in [1.82, 2.24) is 4.98 Å². The first-order chi connectivity index (χ1) is 7.68. The average molecular weight is 234 g/mol. The summed E-state index contributed by atoms with van der Waals surface area (Å²) in [7, 11) is 0. The molecule has 0 spiro atoms. The van der Waals surface area contributed by atoms with Gasteiger partial charge in [0, 0.05) is 11.8 Å². The third kappa shape index (κ3) is 1.23. The van der Waals surface area contributed by atoms with E-state index in [0.29, 0.717) is 6.42 Å². The molecule has 2 nitrogen and oxygen atoms in total. The van der Waals surface area contributed by atoms with Crippen LogP contribution >= 0.6 is 11.6 Å². The van der Waals surface area contributed by atoms with Gasteiger partial charge < -0.3 is 4.98 Å². The maximum Gasteiger partial charge on any atom is 0.179 e. The Kier molecular flexibility index (Phi) is 2.08. The number of hydrogen-bond donors (Lipinski definition) is 1. The van der Waals surface area contributed by atoms with Gasteiger partial charge in [-0.3, -0.25) is 4.79 Å². The summed E-state index contributed by atoms with van der Waals surface area (Å²) in [6.07, 6.45) is 2.53. The van der Waals surface area contributed by atoms with E-state index in [1.165, 1.54) is 0 Å². The SMILES string of the molecule is Cc1ccc(Cl)c2c3c([nH]c12)C(=O)CCC3. The number of nitrogens with one attached hydrogen (secondary N) is 1. The molecule has 82 valence electrons. The molecule has 0 aliphatic heterocycles. The molecule has 3 heteroatoms. The van der Waals surface area contributed by atoms with Gasteiger partial charge >= 0.3 is 0 Å². The fraction of sp³-hybridized carbons (Fsp3) is 0.308. The fourth-order valence-corrected chi connectivity index (χ4v) is 2.77. The largest absolute Gasteiger partial charge is 0.352 e. The van der Waals surface area contributed by atoms with Crippen molar-refractivity contribution in [1.29, 1.82) is 0 Å². The standard InChI is InChI=1S/C13H12ClNO/c1-7-5-6-9(14)11-8-3-2-4-10(16)13(8)15-12(7)11/h5-6,15H,2-4H2,1H3. The minimum Gasteiger partial charge on any atom is -0.352 e. The van der Waals surface area contributed by atoms with E-state index >= 15 is 0 Å². The molecule has 0 radical (unpaired) electrons. The number of aromatic amines is 1. The number of aromatic nitrogens is 1. The highest BCUT2D eigenvalue weighted by Crippen LogP contribution is 2.35. The van der Waals surface area contributed by atoms with Gasteiger partial charge in [-0.15, -0.1) is 0 Å². The predicted molar refractivity (Wildman–Crippen MR) is 65.3 cm³/mol. The molecule has 0 amide bonds. The first kappa shape index (κ1) is 9.91. The summed E-state index contributed by atoms with van der Waals surface area (Å²) in [5.74, 6) is 0.216. The Balaban J connectivity index is 2.45. The van der Waals surface area contributed by atoms with Crippen LogP contribution in [0.1, 0.15) is 34.5 Å². The van der Waals surface area contributed by atoms with Crippen molar-refractivity contribution in [3.8, 4) is 0 Å². The Labute approximate surface area is 98.6 Å². The van der Waals surface area contributed by atoms with Gasteiger partial charge in [-0.1, -0.05) is 17.7 Å². The zero-order valence-corrected chi connectivity index (χ0v) is 9.82. The van der Waals surface area contributed by atoms with Gasteiger partial charge in [0.15, 0.2) is 5.78 Å². The van der Waals surface area contributed by atoms with E-state index in [1.807, 2.05) is 19.1 Å². The van der Waals surface area contributed by atoms with Crippen LogP contribution in [0.2, 0.25) is 5.02 Å². The Morgan fingerprint density at radius 2 is 2.12 bits per heavy atom. The molecule has 1 heterocycles. The molecule has 0 atom stereocenters. The lowest BCUT2D eigenvalue weighted by atomic mass is 9.94. The van der Waals surface area contributed by atoms with Gasteiger partial charge in [0.25, 0.3) is 0 Å². The molecule has 2 aromatic rings. The number of aryl methyl sites for hydroxylation is 2. The number of Topliss-reactive ketones (excluding diaryl/α,β-unsaturated/α-hetero) is 1. The van der Waals surface area contributed by atoms with E-state index in [1.54, 1.807) is 0 Å². The zero-order valence-electron chi connectivity index (χ0n) is 9.06. The van der Waals surface area contributed by atoms with Crippen molar-refractivity contribution < 1.29 is 4.79 Å². The highest BCUT2D eigenvalue weighted by molar-refractivity contribution is 6.36. The van der Waals surface area contributed by atoms with E-state index in [9.17, 15) is 4.79 Å². The first-order valence-corrected chi connectivity index (χ1v) is 5.89. The van der Waals surface area contributed by atoms with Crippen LogP contribution in [0.5, 0.6) is 0 Å². The van der Waals surface area contributed by atoms with Crippen LogP contribution in [0.25, 0.3) is 10.9 Å². The Hall–Kier alpha value is -1.28. The predicted octanol–water partition coefficient (Wildman–Crippen LogP) is 3.65. The van der Waals surface area contributed by atoms with Crippen LogP contribution < -0.4 is 0 Å². The third-order valence-electron chi connectivity index (χ3n) is 3.33. The number of hydrogen-bond acceptors (Lipinski definition) is 1. The maximum absolute atomic E-state index is 11.8. The Morgan fingerprint density at radius 3 is 2.94 bits per heavy atom. The highest BCUT2D eigenvalue weighted by atomic mass is 35.5. The molecule has 0 bridgehead atoms. The van der Waals surface area contributed by atoms with E-state index in [2.05, 4.69) is 4.98 Å². The number of H-pyrrole nitrogens is 1. The van der Waals surface area contributed by atoms with E-state index in [0.717, 1.165) is 45.6 Å². The van der Waals surface area contributed by atoms with Crippen molar-refractivity contribution in [2.24, 2.45) is 0 Å². The van der Waals surface area contributed by atoms with E-state index in [4.69, 9.17) is 11.6 Å². The molecule has 1 aromatic carbocycles. The van der Waals surface area contributed by atoms with Gasteiger partial charge in [-0.25, -0.2) is 0 Å². The summed E-state index contributed by atoms with van der Waals surface area (Å²) in [5.41, 5.74) is 4.05. The number of halogens is 1. The second-order valence-electron chi connectivity index (χ2n) is 4.37. The smallest absolute Gasteiger partial charge is 0.179 e. The quantitative estimate of drug-likeness (QED) is 0.740. The van der Waals surface area contributed by atoms with Crippen LogP contribution in [0.4, 0.5) is 0 Å². The molecular formula is C13H12ClNO. The monoisotopic (exact) mass is 233 g/mol. The molecule has 0 unspecified atom stereocenters. The van der Waals surface area contributed by atoms with Crippen molar-refractivity contribution >= 4 is 28.3 Å². The van der Waals surface area contributed by atoms with Gasteiger partial charge in [-0.2, -0.15) is 0 Å². The van der Waals surface area contributed by atoms with Gasteiger partial charge in [0.2, 0.25) is 0 Å². The maximum atomic E-state index is 11.8. The lowest BCUT2D eigenvalue weighted by molar-refractivity contribution is 0.0968. The second kappa shape index (κ2) is 3.36. The molecule has 0 saturated carbocycles. The van der Waals surface area contributed by atoms with Crippen LogP contribution in [0.15, 0.2) is 12.1 Å². The van der Waals surface area contributed by atoms with Gasteiger partial charge in [0.1, 0.15) is 0 Å². The molecule has 16 heavy (non-hydrogen) atoms. The molecule has 1 aliphatic carbocycles. The van der Waals surface area contributed by atoms with Crippen molar-refractivity contribution in [2.75, 3.05) is 0 Å². The summed E-state index contributed by atoms with van der Waals surface area (Å²) in [4.78, 5) is 15.0. The summed E-state index contributed by atoms with van der Waals surface area (Å²) in [5, 5.41) is 1.79. The number of carbonyl (C=O) groups excluding carboxylic acids is 1. The summed E-state index contributed by atoms with van der Waals surface area (Å²) in [6.45, 7) is 2.03. The van der Waals surface area contributed by atoms with E-state index in [-0.39, 0.29) is 5.78 Å². The zero-order chi connectivity index (χ0) is 11.3. The van der Waals surface area contributed by atoms with Gasteiger partial charge in [-0.05, 0) is 37.0 Å². The topological polar surface area (TPSA) is 32.9 Å². The summed E-state index contributed by atoms with van der Waals surface area (Å²) >= 11 is 6.22. The first-order valence-electron chi connectivity index (χ1n) is 5.51. The minimum atomic E-state index is 0.216. The number of rotatable bonds is 0. The molecule has 0 fully saturated rings. The third-order valence-corrected chi connectivity index (χ3v) is 3.64. The number of fused-ring (bicyclic) bond motifs is 3. The van der Waals surface area contributed by atoms with Crippen LogP contribution in [0.3, 0.4) is 0 Å².